The topological polar surface area (TPSA) is 75.7 Å². The predicted molar refractivity (Wildman–Crippen MR) is 28.1 cm³/mol. The predicted octanol–water partition coefficient (Wildman–Crippen LogP) is -1.73. The highest BCUT2D eigenvalue weighted by molar-refractivity contribution is 4.59. The minimum atomic E-state index is -1.06. The summed E-state index contributed by atoms with van der Waals surface area (Å²) in [5.41, 5.74) is 5.10. The Morgan fingerprint density at radius 1 is 1.75 bits per heavy atom. The average Bonchev–Trinajstić information content (AvgIpc) is 1.84. The Morgan fingerprint density at radius 3 is 2.38 bits per heavy atom. The molecule has 2 atom stereocenters. The fourth-order valence-electron chi connectivity index (χ4n) is 0.265. The molecular weight excluding hydrogens is 110 g/mol. The molecule has 0 rings (SSSR count). The fourth-order valence-corrected chi connectivity index (χ4v) is 0.265. The second-order valence-electron chi connectivity index (χ2n) is 1.47. The summed E-state index contributed by atoms with van der Waals surface area (Å²) < 4.78 is 4.37. The van der Waals surface area contributed by atoms with Crippen LogP contribution in [0.1, 0.15) is 0 Å². The van der Waals surface area contributed by atoms with Gasteiger partial charge in [-0.05, 0) is 0 Å². The lowest BCUT2D eigenvalue weighted by atomic mass is 10.3. The number of rotatable bonds is 3. The van der Waals surface area contributed by atoms with Crippen LogP contribution in [0.4, 0.5) is 0 Å². The van der Waals surface area contributed by atoms with Crippen molar-refractivity contribution in [2.45, 2.75) is 12.3 Å². The summed E-state index contributed by atoms with van der Waals surface area (Å²) in [4.78, 5) is 0. The molecule has 1 unspecified atom stereocenters. The van der Waals surface area contributed by atoms with Crippen LogP contribution in [-0.2, 0) is 4.74 Å². The third-order valence-electron chi connectivity index (χ3n) is 0.819. The number of hydrogen-bond acceptors (Lipinski definition) is 4. The number of aliphatic hydroxyl groups excluding tert-OH is 2. The van der Waals surface area contributed by atoms with Crippen LogP contribution in [0.25, 0.3) is 0 Å². The van der Waals surface area contributed by atoms with E-state index >= 15 is 0 Å². The number of hydrogen-bond donors (Lipinski definition) is 3. The molecule has 0 aromatic heterocycles. The van der Waals surface area contributed by atoms with Crippen LogP contribution in [-0.4, -0.2) is 36.3 Å². The van der Waals surface area contributed by atoms with Gasteiger partial charge < -0.3 is 20.7 Å². The quantitative estimate of drug-likeness (QED) is 0.388. The first-order valence-electron chi connectivity index (χ1n) is 2.29. The van der Waals surface area contributed by atoms with E-state index in [2.05, 4.69) is 4.74 Å². The summed E-state index contributed by atoms with van der Waals surface area (Å²) in [6.45, 7) is -0.269. The standard InChI is InChI=1S/C4H11NO3/c1-8-4(7)3(5)2-6/h3-4,6-7H,2,5H2,1H3/t3-,4?/m1/s1. The van der Waals surface area contributed by atoms with Gasteiger partial charge in [0.15, 0.2) is 6.29 Å². The maximum absolute atomic E-state index is 8.62. The van der Waals surface area contributed by atoms with Gasteiger partial charge in [-0.1, -0.05) is 0 Å². The molecule has 8 heavy (non-hydrogen) atoms. The minimum Gasteiger partial charge on any atom is -0.395 e. The minimum absolute atomic E-state index is 0.269. The molecule has 0 aliphatic rings. The number of aliphatic hydroxyl groups is 2. The highest BCUT2D eigenvalue weighted by Crippen LogP contribution is 1.87. The zero-order chi connectivity index (χ0) is 6.57. The maximum atomic E-state index is 8.62. The molecule has 0 bridgehead atoms. The van der Waals surface area contributed by atoms with Crippen LogP contribution in [0.5, 0.6) is 0 Å². The summed E-state index contributed by atoms with van der Waals surface area (Å²) in [7, 11) is 1.32. The lowest BCUT2D eigenvalue weighted by molar-refractivity contribution is -0.0972. The number of ether oxygens (including phenoxy) is 1. The van der Waals surface area contributed by atoms with Crippen molar-refractivity contribution in [2.24, 2.45) is 5.73 Å². The van der Waals surface area contributed by atoms with Crippen molar-refractivity contribution in [1.82, 2.24) is 0 Å². The molecule has 0 fully saturated rings. The van der Waals surface area contributed by atoms with Gasteiger partial charge in [0.1, 0.15) is 0 Å². The second-order valence-corrected chi connectivity index (χ2v) is 1.47. The lowest BCUT2D eigenvalue weighted by Gasteiger charge is -2.13. The summed E-state index contributed by atoms with van der Waals surface area (Å²) in [5.74, 6) is 0. The second kappa shape index (κ2) is 3.80. The largest absolute Gasteiger partial charge is 0.395 e. The molecule has 50 valence electrons. The van der Waals surface area contributed by atoms with Gasteiger partial charge in [0, 0.05) is 7.11 Å². The summed E-state index contributed by atoms with van der Waals surface area (Å²) in [6, 6.07) is -0.694. The van der Waals surface area contributed by atoms with E-state index in [4.69, 9.17) is 15.9 Å². The van der Waals surface area contributed by atoms with Crippen LogP contribution >= 0.6 is 0 Å². The first kappa shape index (κ1) is 7.84. The van der Waals surface area contributed by atoms with Crippen molar-refractivity contribution in [2.75, 3.05) is 13.7 Å². The Morgan fingerprint density at radius 2 is 2.25 bits per heavy atom. The Kier molecular flexibility index (Phi) is 3.72. The first-order valence-corrected chi connectivity index (χ1v) is 2.29. The molecule has 0 saturated carbocycles. The maximum Gasteiger partial charge on any atom is 0.171 e. The van der Waals surface area contributed by atoms with Crippen molar-refractivity contribution in [3.63, 3.8) is 0 Å². The van der Waals surface area contributed by atoms with E-state index in [0.29, 0.717) is 0 Å². The van der Waals surface area contributed by atoms with Crippen LogP contribution in [0.2, 0.25) is 0 Å². The molecule has 0 amide bonds. The molecule has 4 heteroatoms. The molecule has 0 heterocycles. The van der Waals surface area contributed by atoms with Gasteiger partial charge in [-0.2, -0.15) is 0 Å². The molecule has 0 radical (unpaired) electrons. The Bertz CT molecular complexity index is 51.2. The molecule has 0 spiro atoms. The molecule has 4 N–H and O–H groups in total. The molecule has 4 nitrogen and oxygen atoms in total. The SMILES string of the molecule is COC(O)[C@H](N)CO. The summed E-state index contributed by atoms with van der Waals surface area (Å²) in [5, 5.41) is 16.9. The molecule has 0 aliphatic heterocycles. The lowest BCUT2D eigenvalue weighted by Crippen LogP contribution is -2.38. The highest BCUT2D eigenvalue weighted by Gasteiger charge is 2.10. The third kappa shape index (κ3) is 2.23. The van der Waals surface area contributed by atoms with Crippen LogP contribution in [0, 0.1) is 0 Å². The van der Waals surface area contributed by atoms with E-state index in [1.54, 1.807) is 0 Å². The van der Waals surface area contributed by atoms with Gasteiger partial charge in [-0.3, -0.25) is 0 Å². The fraction of sp³-hybridized carbons (Fsp3) is 1.00. The van der Waals surface area contributed by atoms with E-state index < -0.39 is 12.3 Å². The Balaban J connectivity index is 3.29. The van der Waals surface area contributed by atoms with Gasteiger partial charge in [0.2, 0.25) is 0 Å². The molecule has 0 saturated heterocycles. The first-order chi connectivity index (χ1) is 3.72. The Hall–Kier alpha value is -0.160. The molecular formula is C4H11NO3. The molecule has 0 aromatic rings. The van der Waals surface area contributed by atoms with Crippen LogP contribution in [0.3, 0.4) is 0 Å². The zero-order valence-corrected chi connectivity index (χ0v) is 4.74. The van der Waals surface area contributed by atoms with Crippen molar-refractivity contribution >= 4 is 0 Å². The smallest absolute Gasteiger partial charge is 0.171 e. The number of nitrogens with two attached hydrogens (primary N) is 1. The summed E-state index contributed by atoms with van der Waals surface area (Å²) in [6.07, 6.45) is -1.06. The van der Waals surface area contributed by atoms with Gasteiger partial charge in [-0.15, -0.1) is 0 Å². The van der Waals surface area contributed by atoms with E-state index in [-0.39, 0.29) is 6.61 Å². The van der Waals surface area contributed by atoms with Gasteiger partial charge >= 0.3 is 0 Å². The molecule has 0 aliphatic carbocycles. The van der Waals surface area contributed by atoms with Crippen LogP contribution < -0.4 is 5.73 Å². The zero-order valence-electron chi connectivity index (χ0n) is 4.74. The third-order valence-corrected chi connectivity index (χ3v) is 0.819. The van der Waals surface area contributed by atoms with Gasteiger partial charge in [0.05, 0.1) is 12.6 Å². The number of methoxy groups -OCH3 is 1. The van der Waals surface area contributed by atoms with Crippen molar-refractivity contribution in [3.8, 4) is 0 Å². The van der Waals surface area contributed by atoms with Crippen molar-refractivity contribution in [3.05, 3.63) is 0 Å². The normalized spacial score (nSPS) is 18.0. The summed E-state index contributed by atoms with van der Waals surface area (Å²) >= 11 is 0. The van der Waals surface area contributed by atoms with Gasteiger partial charge in [0.25, 0.3) is 0 Å². The monoisotopic (exact) mass is 121 g/mol. The highest BCUT2D eigenvalue weighted by atomic mass is 16.6. The van der Waals surface area contributed by atoms with E-state index in [1.165, 1.54) is 7.11 Å². The van der Waals surface area contributed by atoms with Gasteiger partial charge in [-0.25, -0.2) is 0 Å². The van der Waals surface area contributed by atoms with Crippen molar-refractivity contribution in [1.29, 1.82) is 0 Å². The van der Waals surface area contributed by atoms with Crippen LogP contribution in [0.15, 0.2) is 0 Å². The van der Waals surface area contributed by atoms with E-state index in [9.17, 15) is 0 Å². The molecule has 0 aromatic carbocycles. The van der Waals surface area contributed by atoms with Crippen molar-refractivity contribution < 1.29 is 14.9 Å². The average molecular weight is 121 g/mol. The Labute approximate surface area is 47.9 Å². The van der Waals surface area contributed by atoms with E-state index in [1.807, 2.05) is 0 Å². The van der Waals surface area contributed by atoms with E-state index in [0.717, 1.165) is 0 Å².